The second kappa shape index (κ2) is 4.00. The van der Waals surface area contributed by atoms with E-state index in [0.29, 0.717) is 11.4 Å². The molecule has 0 unspecified atom stereocenters. The van der Waals surface area contributed by atoms with Gasteiger partial charge in [-0.15, -0.1) is 0 Å². The molecule has 72 valence electrons. The average Bonchev–Trinajstić information content (AvgIpc) is 2.17. The number of ether oxygens (including phenoxy) is 1. The average molecular weight is 182 g/mol. The Hall–Kier alpha value is -1.42. The van der Waals surface area contributed by atoms with Crippen molar-refractivity contribution in [3.63, 3.8) is 0 Å². The van der Waals surface area contributed by atoms with E-state index in [2.05, 4.69) is 0 Å². The maximum Gasteiger partial charge on any atom is 0.143 e. The van der Waals surface area contributed by atoms with Gasteiger partial charge in [-0.1, -0.05) is 6.07 Å². The first kappa shape index (κ1) is 9.67. The predicted octanol–water partition coefficient (Wildman–Crippen LogP) is 1.27. The highest BCUT2D eigenvalue weighted by molar-refractivity contribution is 5.72. The number of hydroxylamine groups is 1. The molecule has 4 nitrogen and oxygen atoms in total. The van der Waals surface area contributed by atoms with Crippen LogP contribution in [0.2, 0.25) is 0 Å². The number of benzene rings is 1. The van der Waals surface area contributed by atoms with Crippen molar-refractivity contribution in [1.29, 1.82) is 0 Å². The first-order valence-corrected chi connectivity index (χ1v) is 3.91. The van der Waals surface area contributed by atoms with Crippen molar-refractivity contribution >= 4 is 11.4 Å². The van der Waals surface area contributed by atoms with Crippen molar-refractivity contribution in [3.05, 3.63) is 18.2 Å². The largest absolute Gasteiger partial charge is 0.495 e. The van der Waals surface area contributed by atoms with Gasteiger partial charge in [0, 0.05) is 7.05 Å². The Morgan fingerprint density at radius 1 is 1.31 bits per heavy atom. The molecule has 0 bridgehead atoms. The Morgan fingerprint density at radius 3 is 2.54 bits per heavy atom. The molecule has 0 aliphatic carbocycles. The van der Waals surface area contributed by atoms with E-state index in [1.165, 1.54) is 0 Å². The Balaban J connectivity index is 3.08. The third-order valence-corrected chi connectivity index (χ3v) is 1.88. The maximum absolute atomic E-state index is 5.82. The van der Waals surface area contributed by atoms with Crippen molar-refractivity contribution in [2.45, 2.75) is 0 Å². The Labute approximate surface area is 77.8 Å². The number of methoxy groups -OCH3 is 1. The number of hydrogen-bond acceptors (Lipinski definition) is 4. The summed E-state index contributed by atoms with van der Waals surface area (Å²) in [4.78, 5) is 5.01. The minimum Gasteiger partial charge on any atom is -0.495 e. The molecule has 0 aliphatic heterocycles. The van der Waals surface area contributed by atoms with Crippen LogP contribution in [-0.2, 0) is 4.84 Å². The van der Waals surface area contributed by atoms with Crippen LogP contribution in [0.1, 0.15) is 0 Å². The quantitative estimate of drug-likeness (QED) is 0.565. The van der Waals surface area contributed by atoms with Gasteiger partial charge in [-0.05, 0) is 12.1 Å². The highest BCUT2D eigenvalue weighted by Crippen LogP contribution is 2.30. The summed E-state index contributed by atoms with van der Waals surface area (Å²) in [6.45, 7) is 0. The lowest BCUT2D eigenvalue weighted by molar-refractivity contribution is 0.185. The molecular formula is C9H14N2O2. The van der Waals surface area contributed by atoms with Crippen LogP contribution in [0.3, 0.4) is 0 Å². The topological polar surface area (TPSA) is 47.7 Å². The summed E-state index contributed by atoms with van der Waals surface area (Å²) in [5.74, 6) is 0.654. The van der Waals surface area contributed by atoms with Crippen molar-refractivity contribution < 1.29 is 9.57 Å². The molecule has 2 N–H and O–H groups in total. The summed E-state index contributed by atoms with van der Waals surface area (Å²) >= 11 is 0. The van der Waals surface area contributed by atoms with E-state index in [1.54, 1.807) is 26.3 Å². The van der Waals surface area contributed by atoms with E-state index < -0.39 is 0 Å². The van der Waals surface area contributed by atoms with Gasteiger partial charge in [-0.3, -0.25) is 9.90 Å². The normalized spacial score (nSPS) is 9.77. The Bertz CT molecular complexity index is 289. The SMILES string of the molecule is COc1cccc(N(C)OC)c1N. The monoisotopic (exact) mass is 182 g/mol. The van der Waals surface area contributed by atoms with Crippen molar-refractivity contribution in [2.75, 3.05) is 32.1 Å². The summed E-state index contributed by atoms with van der Waals surface area (Å²) < 4.78 is 5.07. The molecule has 0 aliphatic rings. The molecule has 0 aromatic heterocycles. The number of hydrogen-bond donors (Lipinski definition) is 1. The van der Waals surface area contributed by atoms with Crippen LogP contribution in [0.25, 0.3) is 0 Å². The smallest absolute Gasteiger partial charge is 0.143 e. The molecule has 13 heavy (non-hydrogen) atoms. The number of nitrogen functional groups attached to an aromatic ring is 1. The van der Waals surface area contributed by atoms with Crippen LogP contribution < -0.4 is 15.5 Å². The summed E-state index contributed by atoms with van der Waals surface area (Å²) in [5, 5.41) is 1.58. The van der Waals surface area contributed by atoms with E-state index in [4.69, 9.17) is 15.3 Å². The molecule has 1 rings (SSSR count). The number of nitrogens with two attached hydrogens (primary N) is 1. The molecule has 0 saturated carbocycles. The first-order chi connectivity index (χ1) is 6.20. The van der Waals surface area contributed by atoms with Gasteiger partial charge >= 0.3 is 0 Å². The third kappa shape index (κ3) is 1.84. The highest BCUT2D eigenvalue weighted by Gasteiger charge is 2.08. The van der Waals surface area contributed by atoms with Crippen LogP contribution in [0.15, 0.2) is 18.2 Å². The van der Waals surface area contributed by atoms with Gasteiger partial charge in [0.1, 0.15) is 11.4 Å². The van der Waals surface area contributed by atoms with Crippen LogP contribution in [0.4, 0.5) is 11.4 Å². The summed E-state index contributed by atoms with van der Waals surface area (Å²) in [7, 11) is 4.95. The fraction of sp³-hybridized carbons (Fsp3) is 0.333. The molecule has 1 aromatic rings. The van der Waals surface area contributed by atoms with E-state index in [0.717, 1.165) is 5.69 Å². The standard InChI is InChI=1S/C9H14N2O2/c1-11(13-3)7-5-4-6-8(12-2)9(7)10/h4-6H,10H2,1-3H3. The summed E-state index contributed by atoms with van der Waals surface area (Å²) in [6, 6.07) is 5.53. The second-order valence-corrected chi connectivity index (χ2v) is 2.57. The molecule has 0 atom stereocenters. The fourth-order valence-corrected chi connectivity index (χ4v) is 1.08. The molecule has 1 aromatic carbocycles. The molecule has 0 radical (unpaired) electrons. The maximum atomic E-state index is 5.82. The predicted molar refractivity (Wildman–Crippen MR) is 52.8 cm³/mol. The van der Waals surface area contributed by atoms with Gasteiger partial charge in [-0.2, -0.15) is 0 Å². The summed E-state index contributed by atoms with van der Waals surface area (Å²) in [6.07, 6.45) is 0. The number of nitrogens with zero attached hydrogens (tertiary/aromatic N) is 1. The molecule has 0 amide bonds. The molecule has 0 spiro atoms. The van der Waals surface area contributed by atoms with Gasteiger partial charge in [0.25, 0.3) is 0 Å². The zero-order valence-corrected chi connectivity index (χ0v) is 8.07. The molecule has 0 fully saturated rings. The van der Waals surface area contributed by atoms with Crippen molar-refractivity contribution in [1.82, 2.24) is 0 Å². The first-order valence-electron chi connectivity index (χ1n) is 3.91. The van der Waals surface area contributed by atoms with Crippen LogP contribution in [0.5, 0.6) is 5.75 Å². The molecule has 4 heteroatoms. The second-order valence-electron chi connectivity index (χ2n) is 2.57. The van der Waals surface area contributed by atoms with E-state index >= 15 is 0 Å². The van der Waals surface area contributed by atoms with Gasteiger partial charge in [0.2, 0.25) is 0 Å². The van der Waals surface area contributed by atoms with E-state index in [-0.39, 0.29) is 0 Å². The number of para-hydroxylation sites is 1. The number of rotatable bonds is 3. The third-order valence-electron chi connectivity index (χ3n) is 1.88. The Kier molecular flexibility index (Phi) is 2.97. The van der Waals surface area contributed by atoms with Gasteiger partial charge < -0.3 is 10.5 Å². The zero-order chi connectivity index (χ0) is 9.84. The lowest BCUT2D eigenvalue weighted by atomic mass is 10.2. The van der Waals surface area contributed by atoms with Crippen LogP contribution in [-0.4, -0.2) is 21.3 Å². The fourth-order valence-electron chi connectivity index (χ4n) is 1.08. The molecule has 0 saturated heterocycles. The van der Waals surface area contributed by atoms with Crippen molar-refractivity contribution in [2.24, 2.45) is 0 Å². The minimum absolute atomic E-state index is 0.578. The van der Waals surface area contributed by atoms with Gasteiger partial charge in [-0.25, -0.2) is 0 Å². The lowest BCUT2D eigenvalue weighted by Gasteiger charge is -2.18. The Morgan fingerprint density at radius 2 is 2.00 bits per heavy atom. The summed E-state index contributed by atoms with van der Waals surface area (Å²) in [5.41, 5.74) is 7.20. The van der Waals surface area contributed by atoms with Crippen molar-refractivity contribution in [3.8, 4) is 5.75 Å². The molecular weight excluding hydrogens is 168 g/mol. The van der Waals surface area contributed by atoms with Crippen LogP contribution in [0, 0.1) is 0 Å². The lowest BCUT2D eigenvalue weighted by Crippen LogP contribution is -2.16. The van der Waals surface area contributed by atoms with Gasteiger partial charge in [0.05, 0.1) is 19.9 Å². The van der Waals surface area contributed by atoms with E-state index in [1.807, 2.05) is 18.2 Å². The number of anilines is 2. The van der Waals surface area contributed by atoms with Crippen LogP contribution >= 0.6 is 0 Å². The zero-order valence-electron chi connectivity index (χ0n) is 8.07. The highest BCUT2D eigenvalue weighted by atomic mass is 16.7. The molecule has 0 heterocycles. The minimum atomic E-state index is 0.578. The van der Waals surface area contributed by atoms with Gasteiger partial charge in [0.15, 0.2) is 0 Å². The van der Waals surface area contributed by atoms with E-state index in [9.17, 15) is 0 Å².